The van der Waals surface area contributed by atoms with Crippen molar-refractivity contribution in [3.63, 3.8) is 0 Å². The van der Waals surface area contributed by atoms with Crippen molar-refractivity contribution in [3.8, 4) is 0 Å². The fourth-order valence-corrected chi connectivity index (χ4v) is 3.01. The number of carbonyl (C=O) groups is 2. The fourth-order valence-electron chi connectivity index (χ4n) is 2.79. The summed E-state index contributed by atoms with van der Waals surface area (Å²) >= 11 is 6.08. The molecule has 0 radical (unpaired) electrons. The number of rotatable bonds is 8. The Balaban J connectivity index is 2.20. The second kappa shape index (κ2) is 10.1. The molecular formula is C22H27ClN2O2. The van der Waals surface area contributed by atoms with Crippen LogP contribution in [0.4, 0.5) is 0 Å². The van der Waals surface area contributed by atoms with Crippen molar-refractivity contribution in [1.29, 1.82) is 0 Å². The molecule has 2 aromatic carbocycles. The van der Waals surface area contributed by atoms with Crippen molar-refractivity contribution >= 4 is 23.4 Å². The molecule has 2 rings (SSSR count). The zero-order chi connectivity index (χ0) is 19.8. The zero-order valence-corrected chi connectivity index (χ0v) is 16.9. The second-order valence-electron chi connectivity index (χ2n) is 6.78. The van der Waals surface area contributed by atoms with Crippen LogP contribution in [0, 0.1) is 6.92 Å². The third-order valence-electron chi connectivity index (χ3n) is 4.43. The van der Waals surface area contributed by atoms with Gasteiger partial charge in [0.25, 0.3) is 0 Å². The van der Waals surface area contributed by atoms with Gasteiger partial charge >= 0.3 is 0 Å². The van der Waals surface area contributed by atoms with Crippen molar-refractivity contribution < 1.29 is 9.59 Å². The molecule has 0 saturated heterocycles. The smallest absolute Gasteiger partial charge is 0.242 e. The highest BCUT2D eigenvalue weighted by Crippen LogP contribution is 2.16. The van der Waals surface area contributed by atoms with Gasteiger partial charge in [0.2, 0.25) is 11.8 Å². The predicted octanol–water partition coefficient (Wildman–Crippen LogP) is 4.13. The topological polar surface area (TPSA) is 49.4 Å². The monoisotopic (exact) mass is 386 g/mol. The van der Waals surface area contributed by atoms with Crippen molar-refractivity contribution in [1.82, 2.24) is 10.2 Å². The SMILES string of the molecule is CCCNC(=O)C(C)N(Cc1cccc(Cl)c1)C(=O)Cc1ccc(C)cc1. The molecule has 0 heterocycles. The van der Waals surface area contributed by atoms with Gasteiger partial charge in [0.15, 0.2) is 0 Å². The van der Waals surface area contributed by atoms with Gasteiger partial charge in [0, 0.05) is 18.1 Å². The van der Waals surface area contributed by atoms with E-state index >= 15 is 0 Å². The molecule has 0 spiro atoms. The number of benzene rings is 2. The molecule has 1 N–H and O–H groups in total. The van der Waals surface area contributed by atoms with Crippen molar-refractivity contribution in [2.24, 2.45) is 0 Å². The van der Waals surface area contributed by atoms with Gasteiger partial charge in [0.1, 0.15) is 6.04 Å². The number of halogens is 1. The average molecular weight is 387 g/mol. The van der Waals surface area contributed by atoms with Crippen molar-refractivity contribution in [2.75, 3.05) is 6.54 Å². The Hall–Kier alpha value is -2.33. The summed E-state index contributed by atoms with van der Waals surface area (Å²) in [7, 11) is 0. The van der Waals surface area contributed by atoms with E-state index in [1.807, 2.05) is 56.3 Å². The molecule has 2 aromatic rings. The Bertz CT molecular complexity index is 774. The standard InChI is InChI=1S/C22H27ClN2O2/c1-4-12-24-22(27)17(3)25(15-19-6-5-7-20(23)13-19)21(26)14-18-10-8-16(2)9-11-18/h5-11,13,17H,4,12,14-15H2,1-3H3,(H,24,27). The van der Waals surface area contributed by atoms with Crippen LogP contribution in [0.25, 0.3) is 0 Å². The summed E-state index contributed by atoms with van der Waals surface area (Å²) < 4.78 is 0. The van der Waals surface area contributed by atoms with Crippen LogP contribution in [-0.4, -0.2) is 29.3 Å². The molecule has 0 aromatic heterocycles. The van der Waals surface area contributed by atoms with Gasteiger partial charge in [0.05, 0.1) is 6.42 Å². The average Bonchev–Trinajstić information content (AvgIpc) is 2.65. The first-order chi connectivity index (χ1) is 12.9. The lowest BCUT2D eigenvalue weighted by molar-refractivity contribution is -0.140. The second-order valence-corrected chi connectivity index (χ2v) is 7.22. The molecule has 4 nitrogen and oxygen atoms in total. The van der Waals surface area contributed by atoms with E-state index in [4.69, 9.17) is 11.6 Å². The van der Waals surface area contributed by atoms with Gasteiger partial charge in [-0.2, -0.15) is 0 Å². The lowest BCUT2D eigenvalue weighted by atomic mass is 10.1. The molecule has 1 unspecified atom stereocenters. The third-order valence-corrected chi connectivity index (χ3v) is 4.67. The molecule has 1 atom stereocenters. The Morgan fingerprint density at radius 3 is 2.44 bits per heavy atom. The van der Waals surface area contributed by atoms with Crippen molar-refractivity contribution in [3.05, 3.63) is 70.2 Å². The zero-order valence-electron chi connectivity index (χ0n) is 16.2. The first-order valence-electron chi connectivity index (χ1n) is 9.28. The van der Waals surface area contributed by atoms with Gasteiger partial charge < -0.3 is 10.2 Å². The highest BCUT2D eigenvalue weighted by molar-refractivity contribution is 6.30. The van der Waals surface area contributed by atoms with E-state index in [2.05, 4.69) is 5.32 Å². The van der Waals surface area contributed by atoms with Gasteiger partial charge in [-0.1, -0.05) is 60.5 Å². The molecule has 0 fully saturated rings. The van der Waals surface area contributed by atoms with Crippen LogP contribution in [0.15, 0.2) is 48.5 Å². The molecule has 0 saturated carbocycles. The summed E-state index contributed by atoms with van der Waals surface area (Å²) in [4.78, 5) is 27.1. The Morgan fingerprint density at radius 1 is 1.11 bits per heavy atom. The van der Waals surface area contributed by atoms with E-state index in [1.165, 1.54) is 0 Å². The summed E-state index contributed by atoms with van der Waals surface area (Å²) in [5.41, 5.74) is 2.98. The van der Waals surface area contributed by atoms with E-state index < -0.39 is 6.04 Å². The Labute approximate surface area is 166 Å². The molecule has 0 aliphatic heterocycles. The number of carbonyl (C=O) groups excluding carboxylic acids is 2. The van der Waals surface area contributed by atoms with Gasteiger partial charge in [-0.25, -0.2) is 0 Å². The lowest BCUT2D eigenvalue weighted by Gasteiger charge is -2.29. The minimum atomic E-state index is -0.562. The third kappa shape index (κ3) is 6.40. The number of hydrogen-bond donors (Lipinski definition) is 1. The summed E-state index contributed by atoms with van der Waals surface area (Å²) in [6.07, 6.45) is 1.11. The van der Waals surface area contributed by atoms with Crippen LogP contribution in [0.3, 0.4) is 0 Å². The summed E-state index contributed by atoms with van der Waals surface area (Å²) in [6.45, 7) is 6.71. The van der Waals surface area contributed by atoms with Gasteiger partial charge in [-0.15, -0.1) is 0 Å². The van der Waals surface area contributed by atoms with Gasteiger partial charge in [-0.05, 0) is 43.5 Å². The molecular weight excluding hydrogens is 360 g/mol. The van der Waals surface area contributed by atoms with E-state index in [1.54, 1.807) is 17.9 Å². The van der Waals surface area contributed by atoms with Crippen LogP contribution in [-0.2, 0) is 22.6 Å². The number of aryl methyl sites for hydroxylation is 1. The molecule has 5 heteroatoms. The highest BCUT2D eigenvalue weighted by Gasteiger charge is 2.26. The molecule has 0 aliphatic rings. The van der Waals surface area contributed by atoms with Crippen LogP contribution in [0.5, 0.6) is 0 Å². The van der Waals surface area contributed by atoms with Crippen molar-refractivity contribution in [2.45, 2.75) is 46.2 Å². The van der Waals surface area contributed by atoms with E-state index in [-0.39, 0.29) is 18.2 Å². The Kier molecular flexibility index (Phi) is 7.86. The first-order valence-corrected chi connectivity index (χ1v) is 9.65. The molecule has 27 heavy (non-hydrogen) atoms. The summed E-state index contributed by atoms with van der Waals surface area (Å²) in [5.74, 6) is -0.228. The first kappa shape index (κ1) is 21.0. The number of hydrogen-bond acceptors (Lipinski definition) is 2. The van der Waals surface area contributed by atoms with Crippen LogP contribution < -0.4 is 5.32 Å². The van der Waals surface area contributed by atoms with Crippen LogP contribution in [0.1, 0.15) is 37.0 Å². The molecule has 2 amide bonds. The van der Waals surface area contributed by atoms with E-state index in [9.17, 15) is 9.59 Å². The predicted molar refractivity (Wildman–Crippen MR) is 110 cm³/mol. The number of nitrogens with one attached hydrogen (secondary N) is 1. The van der Waals surface area contributed by atoms with Gasteiger partial charge in [-0.3, -0.25) is 9.59 Å². The molecule has 0 bridgehead atoms. The normalized spacial score (nSPS) is 11.7. The van der Waals surface area contributed by atoms with E-state index in [0.29, 0.717) is 18.1 Å². The van der Waals surface area contributed by atoms with Crippen LogP contribution in [0.2, 0.25) is 5.02 Å². The minimum Gasteiger partial charge on any atom is -0.354 e. The molecule has 0 aliphatic carbocycles. The Morgan fingerprint density at radius 2 is 1.81 bits per heavy atom. The number of nitrogens with zero attached hydrogens (tertiary/aromatic N) is 1. The maximum absolute atomic E-state index is 13.0. The van der Waals surface area contributed by atoms with Crippen LogP contribution >= 0.6 is 11.6 Å². The highest BCUT2D eigenvalue weighted by atomic mass is 35.5. The molecule has 144 valence electrons. The number of amides is 2. The quantitative estimate of drug-likeness (QED) is 0.741. The maximum Gasteiger partial charge on any atom is 0.242 e. The summed E-state index contributed by atoms with van der Waals surface area (Å²) in [5, 5.41) is 3.49. The van der Waals surface area contributed by atoms with E-state index in [0.717, 1.165) is 23.1 Å². The minimum absolute atomic E-state index is 0.0852. The largest absolute Gasteiger partial charge is 0.354 e. The fraction of sp³-hybridized carbons (Fsp3) is 0.364. The lowest BCUT2D eigenvalue weighted by Crippen LogP contribution is -2.48. The maximum atomic E-state index is 13.0. The summed E-state index contributed by atoms with van der Waals surface area (Å²) in [6, 6.07) is 14.7.